The van der Waals surface area contributed by atoms with Gasteiger partial charge in [-0.2, -0.15) is 0 Å². The van der Waals surface area contributed by atoms with Crippen LogP contribution in [0.2, 0.25) is 0 Å². The molecule has 0 spiro atoms. The van der Waals surface area contributed by atoms with Crippen molar-refractivity contribution in [1.82, 2.24) is 0 Å². The normalized spacial score (nSPS) is 10.4. The Balaban J connectivity index is 1.70. The van der Waals surface area contributed by atoms with E-state index in [1.165, 1.54) is 5.56 Å². The molecule has 0 aliphatic rings. The SMILES string of the molecule is COc1cc(CNc2cccc(C(=O)O)c2C)ccc1OCc1ccccc1C. The molecule has 0 heterocycles. The molecule has 2 N–H and O–H groups in total. The van der Waals surface area contributed by atoms with Crippen LogP contribution in [0.1, 0.15) is 32.6 Å². The van der Waals surface area contributed by atoms with E-state index in [-0.39, 0.29) is 0 Å². The lowest BCUT2D eigenvalue weighted by molar-refractivity contribution is 0.0696. The summed E-state index contributed by atoms with van der Waals surface area (Å²) in [5, 5.41) is 12.6. The first kappa shape index (κ1) is 20.3. The molecular formula is C24H25NO4. The third-order valence-electron chi connectivity index (χ3n) is 4.92. The fourth-order valence-electron chi connectivity index (χ4n) is 3.12. The number of nitrogens with one attached hydrogen (secondary N) is 1. The van der Waals surface area contributed by atoms with Crippen LogP contribution in [0, 0.1) is 13.8 Å². The lowest BCUT2D eigenvalue weighted by Crippen LogP contribution is -2.06. The van der Waals surface area contributed by atoms with Gasteiger partial charge in [0, 0.05) is 12.2 Å². The molecule has 0 unspecified atom stereocenters. The minimum atomic E-state index is -0.928. The van der Waals surface area contributed by atoms with Crippen LogP contribution in [-0.4, -0.2) is 18.2 Å². The van der Waals surface area contributed by atoms with Crippen LogP contribution in [0.5, 0.6) is 11.5 Å². The molecule has 0 saturated heterocycles. The van der Waals surface area contributed by atoms with Crippen molar-refractivity contribution < 1.29 is 19.4 Å². The van der Waals surface area contributed by atoms with E-state index in [0.717, 1.165) is 16.8 Å². The standard InChI is InChI=1S/C24H25NO4/c1-16-7-4-5-8-19(16)15-29-22-12-11-18(13-23(22)28-3)14-25-21-10-6-9-20(17(21)2)24(26)27/h4-13,25H,14-15H2,1-3H3,(H,26,27). The molecule has 5 heteroatoms. The summed E-state index contributed by atoms with van der Waals surface area (Å²) in [6, 6.07) is 19.1. The maximum absolute atomic E-state index is 11.3. The maximum Gasteiger partial charge on any atom is 0.336 e. The molecular weight excluding hydrogens is 366 g/mol. The van der Waals surface area contributed by atoms with E-state index in [9.17, 15) is 9.90 Å². The van der Waals surface area contributed by atoms with Crippen molar-refractivity contribution >= 4 is 11.7 Å². The van der Waals surface area contributed by atoms with Gasteiger partial charge >= 0.3 is 5.97 Å². The molecule has 0 saturated carbocycles. The summed E-state index contributed by atoms with van der Waals surface area (Å²) < 4.78 is 11.5. The Kier molecular flexibility index (Phi) is 6.39. The molecule has 3 aromatic rings. The van der Waals surface area contributed by atoms with Crippen molar-refractivity contribution in [2.75, 3.05) is 12.4 Å². The van der Waals surface area contributed by atoms with Crippen molar-refractivity contribution in [3.8, 4) is 11.5 Å². The summed E-state index contributed by atoms with van der Waals surface area (Å²) in [4.78, 5) is 11.3. The first-order valence-electron chi connectivity index (χ1n) is 9.40. The molecule has 0 bridgehead atoms. The zero-order valence-electron chi connectivity index (χ0n) is 16.9. The van der Waals surface area contributed by atoms with Crippen LogP contribution < -0.4 is 14.8 Å². The van der Waals surface area contributed by atoms with Crippen LogP contribution in [0.15, 0.2) is 60.7 Å². The van der Waals surface area contributed by atoms with Crippen molar-refractivity contribution in [2.45, 2.75) is 27.0 Å². The van der Waals surface area contributed by atoms with Gasteiger partial charge in [-0.1, -0.05) is 36.4 Å². The third kappa shape index (κ3) is 4.88. The second-order valence-corrected chi connectivity index (χ2v) is 6.84. The minimum Gasteiger partial charge on any atom is -0.493 e. The number of ether oxygens (including phenoxy) is 2. The summed E-state index contributed by atoms with van der Waals surface area (Å²) in [7, 11) is 1.62. The van der Waals surface area contributed by atoms with Gasteiger partial charge in [0.15, 0.2) is 11.5 Å². The largest absolute Gasteiger partial charge is 0.493 e. The fourth-order valence-corrected chi connectivity index (χ4v) is 3.12. The lowest BCUT2D eigenvalue weighted by Gasteiger charge is -2.15. The number of hydrogen-bond donors (Lipinski definition) is 2. The quantitative estimate of drug-likeness (QED) is 0.552. The van der Waals surface area contributed by atoms with E-state index in [1.807, 2.05) is 42.5 Å². The van der Waals surface area contributed by atoms with E-state index in [4.69, 9.17) is 9.47 Å². The Morgan fingerprint density at radius 1 is 1.00 bits per heavy atom. The number of hydrogen-bond acceptors (Lipinski definition) is 4. The summed E-state index contributed by atoms with van der Waals surface area (Å²) in [5.41, 5.74) is 5.13. The monoisotopic (exact) mass is 391 g/mol. The summed E-state index contributed by atoms with van der Waals surface area (Å²) in [6.45, 7) is 4.88. The van der Waals surface area contributed by atoms with Crippen molar-refractivity contribution in [1.29, 1.82) is 0 Å². The molecule has 0 aliphatic heterocycles. The van der Waals surface area contributed by atoms with Crippen molar-refractivity contribution in [3.05, 3.63) is 88.5 Å². The minimum absolute atomic E-state index is 0.299. The Morgan fingerprint density at radius 3 is 2.52 bits per heavy atom. The van der Waals surface area contributed by atoms with E-state index in [0.29, 0.717) is 35.8 Å². The van der Waals surface area contributed by atoms with E-state index < -0.39 is 5.97 Å². The summed E-state index contributed by atoms with van der Waals surface area (Å²) in [6.07, 6.45) is 0. The van der Waals surface area contributed by atoms with Gasteiger partial charge in [-0.05, 0) is 60.4 Å². The molecule has 3 aromatic carbocycles. The highest BCUT2D eigenvalue weighted by Gasteiger charge is 2.11. The molecule has 0 atom stereocenters. The third-order valence-corrected chi connectivity index (χ3v) is 4.92. The molecule has 5 nitrogen and oxygen atoms in total. The first-order valence-corrected chi connectivity index (χ1v) is 9.40. The number of rotatable bonds is 8. The van der Waals surface area contributed by atoms with Crippen LogP contribution >= 0.6 is 0 Å². The second-order valence-electron chi connectivity index (χ2n) is 6.84. The predicted octanol–water partition coefficient (Wildman–Crippen LogP) is 5.20. The Morgan fingerprint density at radius 2 is 1.79 bits per heavy atom. The van der Waals surface area contributed by atoms with Crippen LogP contribution in [0.25, 0.3) is 0 Å². The van der Waals surface area contributed by atoms with Crippen molar-refractivity contribution in [3.63, 3.8) is 0 Å². The Hall–Kier alpha value is -3.47. The average Bonchev–Trinajstić information content (AvgIpc) is 2.72. The predicted molar refractivity (Wildman–Crippen MR) is 114 cm³/mol. The summed E-state index contributed by atoms with van der Waals surface area (Å²) in [5.74, 6) is 0.417. The number of carboxylic acid groups (broad SMARTS) is 1. The topological polar surface area (TPSA) is 67.8 Å². The number of carboxylic acids is 1. The van der Waals surface area contributed by atoms with E-state index >= 15 is 0 Å². The number of carbonyl (C=O) groups is 1. The number of aromatic carboxylic acids is 1. The second kappa shape index (κ2) is 9.15. The highest BCUT2D eigenvalue weighted by molar-refractivity contribution is 5.91. The van der Waals surface area contributed by atoms with Gasteiger partial charge in [0.1, 0.15) is 6.61 Å². The van der Waals surface area contributed by atoms with Crippen LogP contribution in [-0.2, 0) is 13.2 Å². The summed E-state index contributed by atoms with van der Waals surface area (Å²) >= 11 is 0. The number of benzene rings is 3. The molecule has 3 rings (SSSR count). The van der Waals surface area contributed by atoms with Gasteiger partial charge < -0.3 is 19.9 Å². The molecule has 0 fully saturated rings. The zero-order valence-corrected chi connectivity index (χ0v) is 16.9. The fraction of sp³-hybridized carbons (Fsp3) is 0.208. The molecule has 0 aliphatic carbocycles. The van der Waals surface area contributed by atoms with Crippen molar-refractivity contribution in [2.24, 2.45) is 0 Å². The average molecular weight is 391 g/mol. The Bertz CT molecular complexity index is 1010. The molecule has 0 amide bonds. The van der Waals surface area contributed by atoms with Gasteiger partial charge in [0.05, 0.1) is 12.7 Å². The number of methoxy groups -OCH3 is 1. The highest BCUT2D eigenvalue weighted by Crippen LogP contribution is 2.30. The highest BCUT2D eigenvalue weighted by atomic mass is 16.5. The number of aryl methyl sites for hydroxylation is 1. The molecule has 29 heavy (non-hydrogen) atoms. The van der Waals surface area contributed by atoms with E-state index in [2.05, 4.69) is 18.3 Å². The Labute approximate surface area is 170 Å². The van der Waals surface area contributed by atoms with Crippen LogP contribution in [0.4, 0.5) is 5.69 Å². The van der Waals surface area contributed by atoms with Gasteiger partial charge in [-0.25, -0.2) is 4.79 Å². The lowest BCUT2D eigenvalue weighted by atomic mass is 10.1. The maximum atomic E-state index is 11.3. The van der Waals surface area contributed by atoms with Gasteiger partial charge in [-0.15, -0.1) is 0 Å². The molecule has 150 valence electrons. The zero-order chi connectivity index (χ0) is 20.8. The first-order chi connectivity index (χ1) is 14.0. The number of anilines is 1. The molecule has 0 radical (unpaired) electrons. The molecule has 0 aromatic heterocycles. The van der Waals surface area contributed by atoms with Gasteiger partial charge in [0.25, 0.3) is 0 Å². The van der Waals surface area contributed by atoms with Gasteiger partial charge in [-0.3, -0.25) is 0 Å². The smallest absolute Gasteiger partial charge is 0.336 e. The van der Waals surface area contributed by atoms with E-state index in [1.54, 1.807) is 26.2 Å². The van der Waals surface area contributed by atoms with Crippen LogP contribution in [0.3, 0.4) is 0 Å². The van der Waals surface area contributed by atoms with Gasteiger partial charge in [0.2, 0.25) is 0 Å².